The van der Waals surface area contributed by atoms with E-state index in [1.54, 1.807) is 7.11 Å². The van der Waals surface area contributed by atoms with E-state index in [2.05, 4.69) is 13.0 Å². The molecule has 2 fully saturated rings. The molecule has 0 amide bonds. The zero-order valence-electron chi connectivity index (χ0n) is 17.2. The first-order valence-corrected chi connectivity index (χ1v) is 10.9. The van der Waals surface area contributed by atoms with Crippen LogP contribution in [-0.4, -0.2) is 23.4 Å². The standard InChI is InChI=1S/C25H30O4/c1-25-12-11-18-19(21(25)9-10-24(25)27)8-3-15-13-22(26)23(14-20(15)18)29-17-6-4-16(28-2)5-7-17/h4-7,13-14,18-19,21,24,26-27H,3,8-12H2,1-2H3/t18-,19+,21-,24?,25-/m0/s1. The van der Waals surface area contributed by atoms with Crippen molar-refractivity contribution in [2.45, 2.75) is 57.5 Å². The van der Waals surface area contributed by atoms with Crippen LogP contribution >= 0.6 is 0 Å². The molecule has 0 aliphatic heterocycles. The van der Waals surface area contributed by atoms with Gasteiger partial charge in [0.2, 0.25) is 0 Å². The number of benzene rings is 2. The van der Waals surface area contributed by atoms with E-state index >= 15 is 0 Å². The third-order valence-electron chi connectivity index (χ3n) is 8.04. The summed E-state index contributed by atoms with van der Waals surface area (Å²) >= 11 is 0. The fourth-order valence-corrected chi connectivity index (χ4v) is 6.41. The molecule has 2 N–H and O–H groups in total. The summed E-state index contributed by atoms with van der Waals surface area (Å²) in [7, 11) is 1.64. The summed E-state index contributed by atoms with van der Waals surface area (Å²) in [6.45, 7) is 2.30. The minimum atomic E-state index is -0.149. The van der Waals surface area contributed by atoms with E-state index in [9.17, 15) is 10.2 Å². The number of phenolic OH excluding ortho intramolecular Hbond substituents is 1. The van der Waals surface area contributed by atoms with Crippen molar-refractivity contribution in [2.75, 3.05) is 7.11 Å². The van der Waals surface area contributed by atoms with E-state index in [-0.39, 0.29) is 17.3 Å². The Morgan fingerprint density at radius 1 is 1.00 bits per heavy atom. The molecular weight excluding hydrogens is 364 g/mol. The lowest BCUT2D eigenvalue weighted by atomic mass is 9.55. The number of hydrogen-bond acceptors (Lipinski definition) is 4. The fraction of sp³-hybridized carbons (Fsp3) is 0.520. The number of fused-ring (bicyclic) bond motifs is 5. The summed E-state index contributed by atoms with van der Waals surface area (Å²) in [5.41, 5.74) is 2.68. The first kappa shape index (κ1) is 18.8. The van der Waals surface area contributed by atoms with Crippen molar-refractivity contribution in [1.29, 1.82) is 0 Å². The normalized spacial score (nSPS) is 32.8. The van der Waals surface area contributed by atoms with Crippen LogP contribution in [0.15, 0.2) is 36.4 Å². The Morgan fingerprint density at radius 2 is 1.76 bits per heavy atom. The molecule has 0 heterocycles. The molecule has 3 aliphatic rings. The Balaban J connectivity index is 1.45. The second kappa shape index (κ2) is 6.94. The Hall–Kier alpha value is -2.20. The molecule has 0 saturated heterocycles. The highest BCUT2D eigenvalue weighted by Crippen LogP contribution is 2.61. The number of phenols is 1. The quantitative estimate of drug-likeness (QED) is 0.731. The number of aromatic hydroxyl groups is 1. The number of aliphatic hydroxyl groups excluding tert-OH is 1. The second-order valence-corrected chi connectivity index (χ2v) is 9.35. The van der Waals surface area contributed by atoms with Crippen LogP contribution in [0.25, 0.3) is 0 Å². The summed E-state index contributed by atoms with van der Waals surface area (Å²) < 4.78 is 11.2. The number of methoxy groups -OCH3 is 1. The minimum absolute atomic E-state index is 0.0814. The second-order valence-electron chi connectivity index (χ2n) is 9.35. The largest absolute Gasteiger partial charge is 0.504 e. The van der Waals surface area contributed by atoms with Crippen LogP contribution in [0.3, 0.4) is 0 Å². The number of rotatable bonds is 3. The van der Waals surface area contributed by atoms with E-state index in [0.717, 1.165) is 44.3 Å². The molecule has 0 bridgehead atoms. The first-order valence-electron chi connectivity index (χ1n) is 10.9. The van der Waals surface area contributed by atoms with Crippen LogP contribution in [0.4, 0.5) is 0 Å². The molecule has 29 heavy (non-hydrogen) atoms. The summed E-state index contributed by atoms with van der Waals surface area (Å²) in [6.07, 6.45) is 6.27. The highest BCUT2D eigenvalue weighted by Gasteiger charge is 2.54. The van der Waals surface area contributed by atoms with Crippen LogP contribution in [0.5, 0.6) is 23.0 Å². The van der Waals surface area contributed by atoms with Crippen LogP contribution in [0, 0.1) is 17.3 Å². The zero-order chi connectivity index (χ0) is 20.2. The molecule has 154 valence electrons. The van der Waals surface area contributed by atoms with Gasteiger partial charge < -0.3 is 19.7 Å². The van der Waals surface area contributed by atoms with Gasteiger partial charge in [-0.15, -0.1) is 0 Å². The van der Waals surface area contributed by atoms with Gasteiger partial charge in [-0.1, -0.05) is 6.92 Å². The van der Waals surface area contributed by atoms with Gasteiger partial charge in [0.1, 0.15) is 11.5 Å². The predicted octanol–water partition coefficient (Wildman–Crippen LogP) is 5.41. The maximum absolute atomic E-state index is 10.6. The molecule has 3 aliphatic carbocycles. The number of ether oxygens (including phenoxy) is 2. The highest BCUT2D eigenvalue weighted by molar-refractivity contribution is 5.51. The zero-order valence-corrected chi connectivity index (χ0v) is 17.2. The van der Waals surface area contributed by atoms with Crippen molar-refractivity contribution < 1.29 is 19.7 Å². The Bertz CT molecular complexity index is 906. The van der Waals surface area contributed by atoms with Crippen molar-refractivity contribution in [2.24, 2.45) is 17.3 Å². The third kappa shape index (κ3) is 3.00. The van der Waals surface area contributed by atoms with Gasteiger partial charge in [-0.25, -0.2) is 0 Å². The molecule has 2 saturated carbocycles. The molecule has 4 nitrogen and oxygen atoms in total. The number of hydrogen-bond donors (Lipinski definition) is 2. The lowest BCUT2D eigenvalue weighted by Gasteiger charge is -2.50. The van der Waals surface area contributed by atoms with Gasteiger partial charge in [-0.3, -0.25) is 0 Å². The SMILES string of the molecule is COc1ccc(Oc2cc3c(cc2O)CC[C@@H]2[C@@H]3CC[C@]3(C)C(O)CC[C@@H]23)cc1. The molecule has 5 atom stereocenters. The average molecular weight is 395 g/mol. The molecule has 5 rings (SSSR count). The maximum atomic E-state index is 10.6. The predicted molar refractivity (Wildman–Crippen MR) is 112 cm³/mol. The van der Waals surface area contributed by atoms with Crippen molar-refractivity contribution in [3.63, 3.8) is 0 Å². The Kier molecular flexibility index (Phi) is 4.50. The van der Waals surface area contributed by atoms with Gasteiger partial charge in [0.15, 0.2) is 11.5 Å². The highest BCUT2D eigenvalue weighted by atomic mass is 16.5. The molecule has 0 spiro atoms. The lowest BCUT2D eigenvalue weighted by Crippen LogP contribution is -2.43. The van der Waals surface area contributed by atoms with E-state index in [1.807, 2.05) is 30.3 Å². The van der Waals surface area contributed by atoms with Crippen molar-refractivity contribution in [3.05, 3.63) is 47.5 Å². The third-order valence-corrected chi connectivity index (χ3v) is 8.04. The van der Waals surface area contributed by atoms with Crippen LogP contribution in [0.2, 0.25) is 0 Å². The van der Waals surface area contributed by atoms with Gasteiger partial charge in [-0.05, 0) is 109 Å². The van der Waals surface area contributed by atoms with Crippen molar-refractivity contribution >= 4 is 0 Å². The van der Waals surface area contributed by atoms with Crippen LogP contribution < -0.4 is 9.47 Å². The van der Waals surface area contributed by atoms with Crippen molar-refractivity contribution in [3.8, 4) is 23.0 Å². The van der Waals surface area contributed by atoms with E-state index in [1.165, 1.54) is 11.1 Å². The van der Waals surface area contributed by atoms with Gasteiger partial charge >= 0.3 is 0 Å². The van der Waals surface area contributed by atoms with Gasteiger partial charge in [0.25, 0.3) is 0 Å². The molecule has 4 heteroatoms. The summed E-state index contributed by atoms with van der Waals surface area (Å²) in [4.78, 5) is 0. The topological polar surface area (TPSA) is 58.9 Å². The van der Waals surface area contributed by atoms with E-state index in [4.69, 9.17) is 9.47 Å². The summed E-state index contributed by atoms with van der Waals surface area (Å²) in [6, 6.07) is 11.4. The molecule has 0 radical (unpaired) electrons. The Labute approximate surface area is 172 Å². The summed E-state index contributed by atoms with van der Waals surface area (Å²) in [5, 5.41) is 21.2. The van der Waals surface area contributed by atoms with Gasteiger partial charge in [0.05, 0.1) is 13.2 Å². The minimum Gasteiger partial charge on any atom is -0.504 e. The van der Waals surface area contributed by atoms with Crippen LogP contribution in [-0.2, 0) is 6.42 Å². The van der Waals surface area contributed by atoms with Gasteiger partial charge in [-0.2, -0.15) is 0 Å². The van der Waals surface area contributed by atoms with E-state index in [0.29, 0.717) is 29.3 Å². The molecule has 0 aromatic heterocycles. The Morgan fingerprint density at radius 3 is 2.52 bits per heavy atom. The number of aliphatic hydroxyl groups is 1. The smallest absolute Gasteiger partial charge is 0.169 e. The molecule has 1 unspecified atom stereocenters. The van der Waals surface area contributed by atoms with Gasteiger partial charge in [0, 0.05) is 0 Å². The monoisotopic (exact) mass is 394 g/mol. The molecule has 2 aromatic rings. The van der Waals surface area contributed by atoms with E-state index < -0.39 is 0 Å². The number of aryl methyl sites for hydroxylation is 1. The maximum Gasteiger partial charge on any atom is 0.169 e. The van der Waals surface area contributed by atoms with Crippen LogP contribution in [0.1, 0.15) is 56.1 Å². The lowest BCUT2D eigenvalue weighted by molar-refractivity contribution is -0.0226. The average Bonchev–Trinajstić information content (AvgIpc) is 3.04. The fourth-order valence-electron chi connectivity index (χ4n) is 6.41. The van der Waals surface area contributed by atoms with Crippen molar-refractivity contribution in [1.82, 2.24) is 0 Å². The molecular formula is C25H30O4. The summed E-state index contributed by atoms with van der Waals surface area (Å²) in [5.74, 6) is 3.91. The molecule has 2 aromatic carbocycles. The first-order chi connectivity index (χ1) is 14.0.